The largest absolute Gasteiger partial charge is 0.350 e. The van der Waals surface area contributed by atoms with Crippen molar-refractivity contribution in [2.75, 3.05) is 7.05 Å². The van der Waals surface area contributed by atoms with Crippen molar-refractivity contribution in [1.82, 2.24) is 25.6 Å². The maximum Gasteiger partial charge on any atom is 0.242 e. The molecule has 0 saturated heterocycles. The molecule has 6 nitrogen and oxygen atoms in total. The lowest BCUT2D eigenvalue weighted by Gasteiger charge is -2.05. The molecule has 0 radical (unpaired) electrons. The van der Waals surface area contributed by atoms with Crippen LogP contribution >= 0.6 is 0 Å². The van der Waals surface area contributed by atoms with Crippen LogP contribution in [-0.2, 0) is 24.4 Å². The van der Waals surface area contributed by atoms with Gasteiger partial charge in [0.05, 0.1) is 11.9 Å². The van der Waals surface area contributed by atoms with Crippen molar-refractivity contribution in [2.24, 2.45) is 0 Å². The summed E-state index contributed by atoms with van der Waals surface area (Å²) >= 11 is 0. The normalized spacial score (nSPS) is 10.5. The van der Waals surface area contributed by atoms with Crippen molar-refractivity contribution in [2.45, 2.75) is 26.6 Å². The highest BCUT2D eigenvalue weighted by Gasteiger charge is 2.05. The zero-order valence-electron chi connectivity index (χ0n) is 11.8. The van der Waals surface area contributed by atoms with Gasteiger partial charge in [0.1, 0.15) is 6.54 Å². The van der Waals surface area contributed by atoms with Crippen LogP contribution in [0.4, 0.5) is 0 Å². The lowest BCUT2D eigenvalue weighted by Crippen LogP contribution is -2.27. The van der Waals surface area contributed by atoms with Crippen molar-refractivity contribution in [1.29, 1.82) is 0 Å². The molecule has 2 N–H and O–H groups in total. The maximum absolute atomic E-state index is 11.8. The van der Waals surface area contributed by atoms with Gasteiger partial charge in [0.15, 0.2) is 0 Å². The summed E-state index contributed by atoms with van der Waals surface area (Å²) in [5, 5.41) is 13.7. The van der Waals surface area contributed by atoms with Crippen molar-refractivity contribution in [3.05, 3.63) is 47.3 Å². The van der Waals surface area contributed by atoms with E-state index in [1.807, 2.05) is 38.2 Å². The van der Waals surface area contributed by atoms with Crippen LogP contribution < -0.4 is 10.6 Å². The Bertz CT molecular complexity index is 561. The molecule has 0 bridgehead atoms. The van der Waals surface area contributed by atoms with Gasteiger partial charge >= 0.3 is 0 Å². The average molecular weight is 273 g/mol. The molecule has 2 rings (SSSR count). The molecule has 1 amide bonds. The Balaban J connectivity index is 1.81. The second-order valence-corrected chi connectivity index (χ2v) is 4.70. The summed E-state index contributed by atoms with van der Waals surface area (Å²) < 4.78 is 1.54. The number of nitrogens with zero attached hydrogens (tertiary/aromatic N) is 3. The molecule has 0 aliphatic rings. The lowest BCUT2D eigenvalue weighted by atomic mass is 10.1. The Kier molecular flexibility index (Phi) is 4.84. The molecule has 1 heterocycles. The number of amides is 1. The fourth-order valence-corrected chi connectivity index (χ4v) is 1.79. The Labute approximate surface area is 118 Å². The number of hydrogen-bond acceptors (Lipinski definition) is 4. The first-order valence-corrected chi connectivity index (χ1v) is 6.53. The summed E-state index contributed by atoms with van der Waals surface area (Å²) in [4.78, 5) is 11.8. The highest BCUT2D eigenvalue weighted by Crippen LogP contribution is 2.02. The van der Waals surface area contributed by atoms with E-state index in [0.717, 1.165) is 11.3 Å². The highest BCUT2D eigenvalue weighted by atomic mass is 16.2. The number of hydrogen-bond donors (Lipinski definition) is 2. The zero-order valence-corrected chi connectivity index (χ0v) is 11.8. The lowest BCUT2D eigenvalue weighted by molar-refractivity contribution is -0.122. The van der Waals surface area contributed by atoms with Gasteiger partial charge in [-0.1, -0.05) is 35.0 Å². The van der Waals surface area contributed by atoms with Gasteiger partial charge in [-0.2, -0.15) is 0 Å². The number of carbonyl (C=O) groups is 1. The van der Waals surface area contributed by atoms with Crippen molar-refractivity contribution in [3.63, 3.8) is 0 Å². The van der Waals surface area contributed by atoms with E-state index in [1.54, 1.807) is 6.20 Å². The summed E-state index contributed by atoms with van der Waals surface area (Å²) in [5.74, 6) is -0.0773. The number of aryl methyl sites for hydroxylation is 1. The standard InChI is InChI=1S/C14H19N5O/c1-11-3-5-12(6-4-11)7-16-14(20)10-19-9-13(8-15-2)17-18-19/h3-6,9,15H,7-8,10H2,1-2H3,(H,16,20). The van der Waals surface area contributed by atoms with Crippen LogP contribution in [0.1, 0.15) is 16.8 Å². The predicted molar refractivity (Wildman–Crippen MR) is 75.8 cm³/mol. The minimum atomic E-state index is -0.0773. The van der Waals surface area contributed by atoms with Gasteiger partial charge in [-0.3, -0.25) is 4.79 Å². The summed E-state index contributed by atoms with van der Waals surface area (Å²) in [6.45, 7) is 3.39. The maximum atomic E-state index is 11.8. The van der Waals surface area contributed by atoms with Crippen LogP contribution in [0.15, 0.2) is 30.5 Å². The van der Waals surface area contributed by atoms with Gasteiger partial charge in [0.25, 0.3) is 0 Å². The molecule has 0 aliphatic heterocycles. The smallest absolute Gasteiger partial charge is 0.242 e. The van der Waals surface area contributed by atoms with Gasteiger partial charge in [0.2, 0.25) is 5.91 Å². The monoisotopic (exact) mass is 273 g/mol. The predicted octanol–water partition coefficient (Wildman–Crippen LogP) is 0.622. The third kappa shape index (κ3) is 4.17. The van der Waals surface area contributed by atoms with E-state index in [-0.39, 0.29) is 12.5 Å². The number of aromatic nitrogens is 3. The summed E-state index contributed by atoms with van der Waals surface area (Å²) in [6, 6.07) is 8.08. The van der Waals surface area contributed by atoms with Gasteiger partial charge in [-0.15, -0.1) is 5.10 Å². The summed E-state index contributed by atoms with van der Waals surface area (Å²) in [7, 11) is 1.84. The van der Waals surface area contributed by atoms with Gasteiger partial charge in [0, 0.05) is 13.1 Å². The third-order valence-electron chi connectivity index (χ3n) is 2.86. The molecule has 0 saturated carbocycles. The number of rotatable bonds is 6. The molecule has 1 aromatic carbocycles. The highest BCUT2D eigenvalue weighted by molar-refractivity contribution is 5.75. The molecule has 2 aromatic rings. The van der Waals surface area contributed by atoms with Crippen molar-refractivity contribution < 1.29 is 4.79 Å². The van der Waals surface area contributed by atoms with E-state index in [0.29, 0.717) is 13.1 Å². The fraction of sp³-hybridized carbons (Fsp3) is 0.357. The van der Waals surface area contributed by atoms with Gasteiger partial charge < -0.3 is 10.6 Å². The minimum Gasteiger partial charge on any atom is -0.350 e. The van der Waals surface area contributed by atoms with Crippen LogP contribution in [0, 0.1) is 6.92 Å². The molecule has 6 heteroatoms. The van der Waals surface area contributed by atoms with Crippen molar-refractivity contribution in [3.8, 4) is 0 Å². The van der Waals surface area contributed by atoms with E-state index in [1.165, 1.54) is 10.2 Å². The number of benzene rings is 1. The first kappa shape index (κ1) is 14.2. The molecule has 0 aliphatic carbocycles. The van der Waals surface area contributed by atoms with Crippen LogP contribution in [0.5, 0.6) is 0 Å². The van der Waals surface area contributed by atoms with Crippen LogP contribution in [0.3, 0.4) is 0 Å². The van der Waals surface area contributed by atoms with Crippen LogP contribution in [0.25, 0.3) is 0 Å². The number of carbonyl (C=O) groups excluding carboxylic acids is 1. The third-order valence-corrected chi connectivity index (χ3v) is 2.86. The SMILES string of the molecule is CNCc1cn(CC(=O)NCc2ccc(C)cc2)nn1. The fourth-order valence-electron chi connectivity index (χ4n) is 1.79. The van der Waals surface area contributed by atoms with Gasteiger partial charge in [-0.25, -0.2) is 4.68 Å². The molecular formula is C14H19N5O. The molecule has 0 fully saturated rings. The Hall–Kier alpha value is -2.21. The van der Waals surface area contributed by atoms with E-state index in [4.69, 9.17) is 0 Å². The van der Waals surface area contributed by atoms with E-state index >= 15 is 0 Å². The Morgan fingerprint density at radius 1 is 1.25 bits per heavy atom. The molecule has 106 valence electrons. The van der Waals surface area contributed by atoms with E-state index in [9.17, 15) is 4.79 Å². The molecule has 20 heavy (non-hydrogen) atoms. The van der Waals surface area contributed by atoms with Crippen LogP contribution in [0.2, 0.25) is 0 Å². The molecule has 1 aromatic heterocycles. The minimum absolute atomic E-state index is 0.0773. The van der Waals surface area contributed by atoms with Gasteiger partial charge in [-0.05, 0) is 19.5 Å². The second kappa shape index (κ2) is 6.81. The average Bonchev–Trinajstić information content (AvgIpc) is 2.86. The summed E-state index contributed by atoms with van der Waals surface area (Å²) in [5.41, 5.74) is 3.11. The zero-order chi connectivity index (χ0) is 14.4. The summed E-state index contributed by atoms with van der Waals surface area (Å²) in [6.07, 6.45) is 1.77. The van der Waals surface area contributed by atoms with Crippen molar-refractivity contribution >= 4 is 5.91 Å². The molecule has 0 spiro atoms. The van der Waals surface area contributed by atoms with E-state index < -0.39 is 0 Å². The topological polar surface area (TPSA) is 71.8 Å². The van der Waals surface area contributed by atoms with Crippen LogP contribution in [-0.4, -0.2) is 27.9 Å². The number of nitrogens with one attached hydrogen (secondary N) is 2. The first-order chi connectivity index (χ1) is 9.67. The molecule has 0 atom stereocenters. The second-order valence-electron chi connectivity index (χ2n) is 4.70. The van der Waals surface area contributed by atoms with E-state index in [2.05, 4.69) is 20.9 Å². The Morgan fingerprint density at radius 2 is 2.00 bits per heavy atom. The first-order valence-electron chi connectivity index (χ1n) is 6.53. The molecule has 0 unspecified atom stereocenters. The Morgan fingerprint density at radius 3 is 2.70 bits per heavy atom. The molecular weight excluding hydrogens is 254 g/mol. The quantitative estimate of drug-likeness (QED) is 0.809.